The Morgan fingerprint density at radius 3 is 2.44 bits per heavy atom. The van der Waals surface area contributed by atoms with Crippen molar-refractivity contribution in [1.82, 2.24) is 0 Å². The van der Waals surface area contributed by atoms with Crippen molar-refractivity contribution >= 4 is 28.4 Å². The highest BCUT2D eigenvalue weighted by molar-refractivity contribution is 6.65. The molecule has 94 valence electrons. The molecule has 0 saturated heterocycles. The van der Waals surface area contributed by atoms with Crippen molar-refractivity contribution < 1.29 is 9.21 Å². The minimum absolute atomic E-state index is 0.416. The number of hydrogen-bond donors (Lipinski definition) is 0. The number of carbonyl (C=O) groups is 1. The second-order valence-corrected chi connectivity index (χ2v) is 5.15. The number of carbonyl (C=O) groups excluding carboxylic acids is 1. The van der Waals surface area contributed by atoms with Crippen molar-refractivity contribution in [1.29, 1.82) is 0 Å². The van der Waals surface area contributed by atoms with Crippen molar-refractivity contribution in [2.75, 3.05) is 0 Å². The fourth-order valence-electron chi connectivity index (χ4n) is 1.86. The van der Waals surface area contributed by atoms with Crippen molar-refractivity contribution in [3.8, 4) is 0 Å². The normalized spacial score (nSPS) is 14.2. The summed E-state index contributed by atoms with van der Waals surface area (Å²) < 4.78 is 5.29. The van der Waals surface area contributed by atoms with Gasteiger partial charge in [-0.1, -0.05) is 23.7 Å². The first-order chi connectivity index (χ1) is 8.52. The third-order valence-corrected chi connectivity index (χ3v) is 3.69. The summed E-state index contributed by atoms with van der Waals surface area (Å²) in [6, 6.07) is 10.7. The average Bonchev–Trinajstić information content (AvgIpc) is 2.82. The third-order valence-electron chi connectivity index (χ3n) is 3.02. The Balaban J connectivity index is 2.37. The zero-order chi connectivity index (χ0) is 13.2. The van der Waals surface area contributed by atoms with E-state index in [1.165, 1.54) is 0 Å². The van der Waals surface area contributed by atoms with Gasteiger partial charge in [-0.2, -0.15) is 0 Å². The zero-order valence-electron chi connectivity index (χ0n) is 9.82. The molecule has 0 radical (unpaired) electrons. The van der Waals surface area contributed by atoms with Gasteiger partial charge in [0.25, 0.3) is 0 Å². The van der Waals surface area contributed by atoms with E-state index in [1.807, 2.05) is 18.2 Å². The standard InChI is InChI=1S/C14H12Cl2O2/c1-14(13(16)17,9-12-3-2-8-18-12)10-4-6-11(15)7-5-10/h2-8H,9H2,1H3. The molecule has 2 rings (SSSR count). The molecule has 0 aliphatic rings. The summed E-state index contributed by atoms with van der Waals surface area (Å²) in [4.78, 5) is 11.8. The van der Waals surface area contributed by atoms with Crippen LogP contribution in [0.1, 0.15) is 18.2 Å². The topological polar surface area (TPSA) is 30.2 Å². The Hall–Kier alpha value is -1.25. The van der Waals surface area contributed by atoms with E-state index in [1.54, 1.807) is 31.4 Å². The molecule has 4 heteroatoms. The van der Waals surface area contributed by atoms with Crippen LogP contribution in [0, 0.1) is 0 Å². The molecular formula is C14H12Cl2O2. The second-order valence-electron chi connectivity index (χ2n) is 4.37. The monoisotopic (exact) mass is 282 g/mol. The van der Waals surface area contributed by atoms with E-state index >= 15 is 0 Å². The summed E-state index contributed by atoms with van der Waals surface area (Å²) in [6.07, 6.45) is 2.00. The summed E-state index contributed by atoms with van der Waals surface area (Å²) in [7, 11) is 0. The van der Waals surface area contributed by atoms with Crippen molar-refractivity contribution in [3.05, 3.63) is 59.0 Å². The molecular weight excluding hydrogens is 271 g/mol. The van der Waals surface area contributed by atoms with Gasteiger partial charge >= 0.3 is 0 Å². The van der Waals surface area contributed by atoms with Crippen LogP contribution >= 0.6 is 23.2 Å². The Labute approximate surface area is 116 Å². The Morgan fingerprint density at radius 2 is 1.94 bits per heavy atom. The summed E-state index contributed by atoms with van der Waals surface area (Å²) in [5.41, 5.74) is 0.00702. The van der Waals surface area contributed by atoms with E-state index < -0.39 is 10.7 Å². The van der Waals surface area contributed by atoms with Gasteiger partial charge in [0.15, 0.2) is 0 Å². The molecule has 18 heavy (non-hydrogen) atoms. The first-order valence-corrected chi connectivity index (χ1v) is 6.26. The molecule has 1 aromatic carbocycles. The van der Waals surface area contributed by atoms with Crippen LogP contribution in [-0.2, 0) is 16.6 Å². The van der Waals surface area contributed by atoms with Gasteiger partial charge in [-0.05, 0) is 48.4 Å². The number of furan rings is 1. The lowest BCUT2D eigenvalue weighted by molar-refractivity contribution is -0.116. The largest absolute Gasteiger partial charge is 0.469 e. The minimum atomic E-state index is -0.815. The van der Waals surface area contributed by atoms with Gasteiger partial charge in [0.05, 0.1) is 11.7 Å². The van der Waals surface area contributed by atoms with E-state index in [0.29, 0.717) is 11.4 Å². The van der Waals surface area contributed by atoms with Crippen molar-refractivity contribution in [2.45, 2.75) is 18.8 Å². The fourth-order valence-corrected chi connectivity index (χ4v) is 2.17. The van der Waals surface area contributed by atoms with Gasteiger partial charge in [0.1, 0.15) is 5.76 Å². The lowest BCUT2D eigenvalue weighted by Gasteiger charge is -2.25. The molecule has 0 amide bonds. The van der Waals surface area contributed by atoms with Crippen LogP contribution in [0.15, 0.2) is 47.1 Å². The molecule has 0 N–H and O–H groups in total. The highest BCUT2D eigenvalue weighted by Gasteiger charge is 2.35. The number of rotatable bonds is 4. The highest BCUT2D eigenvalue weighted by Crippen LogP contribution is 2.31. The summed E-state index contributed by atoms with van der Waals surface area (Å²) in [5.74, 6) is 0.724. The molecule has 1 atom stereocenters. The van der Waals surface area contributed by atoms with Gasteiger partial charge in [-0.15, -0.1) is 0 Å². The van der Waals surface area contributed by atoms with Crippen LogP contribution in [0.4, 0.5) is 0 Å². The SMILES string of the molecule is CC(Cc1ccco1)(C(=O)Cl)c1ccc(Cl)cc1. The predicted molar refractivity (Wildman–Crippen MR) is 72.1 cm³/mol. The molecule has 0 spiro atoms. The molecule has 0 saturated carbocycles. The number of halogens is 2. The van der Waals surface area contributed by atoms with E-state index in [9.17, 15) is 4.79 Å². The smallest absolute Gasteiger partial charge is 0.232 e. The van der Waals surface area contributed by atoms with Crippen LogP contribution in [0.3, 0.4) is 0 Å². The fraction of sp³-hybridized carbons (Fsp3) is 0.214. The maximum absolute atomic E-state index is 11.8. The van der Waals surface area contributed by atoms with Gasteiger partial charge < -0.3 is 4.42 Å². The lowest BCUT2D eigenvalue weighted by Crippen LogP contribution is -2.31. The Kier molecular flexibility index (Phi) is 3.79. The van der Waals surface area contributed by atoms with Crippen molar-refractivity contribution in [2.24, 2.45) is 0 Å². The van der Waals surface area contributed by atoms with Crippen LogP contribution in [0.5, 0.6) is 0 Å². The van der Waals surface area contributed by atoms with Crippen LogP contribution in [0.2, 0.25) is 5.02 Å². The van der Waals surface area contributed by atoms with Crippen LogP contribution in [-0.4, -0.2) is 5.24 Å². The van der Waals surface area contributed by atoms with E-state index in [-0.39, 0.29) is 0 Å². The molecule has 0 bridgehead atoms. The van der Waals surface area contributed by atoms with E-state index in [2.05, 4.69) is 0 Å². The maximum atomic E-state index is 11.8. The second kappa shape index (κ2) is 5.17. The first-order valence-electron chi connectivity index (χ1n) is 5.51. The predicted octanol–water partition coefficient (Wildman–Crippen LogP) is 4.20. The third kappa shape index (κ3) is 2.60. The zero-order valence-corrected chi connectivity index (χ0v) is 11.3. The van der Waals surface area contributed by atoms with E-state index in [4.69, 9.17) is 27.6 Å². The van der Waals surface area contributed by atoms with Crippen LogP contribution in [0.25, 0.3) is 0 Å². The molecule has 2 aromatic rings. The molecule has 1 unspecified atom stereocenters. The quantitative estimate of drug-likeness (QED) is 0.787. The Morgan fingerprint density at radius 1 is 1.28 bits per heavy atom. The molecule has 0 aliphatic carbocycles. The highest BCUT2D eigenvalue weighted by atomic mass is 35.5. The minimum Gasteiger partial charge on any atom is -0.469 e. The summed E-state index contributed by atoms with van der Waals surface area (Å²) >= 11 is 11.6. The molecule has 1 heterocycles. The lowest BCUT2D eigenvalue weighted by atomic mass is 9.80. The number of hydrogen-bond acceptors (Lipinski definition) is 2. The van der Waals surface area contributed by atoms with Crippen LogP contribution < -0.4 is 0 Å². The summed E-state index contributed by atoms with van der Waals surface area (Å²) in [5, 5.41) is 0.211. The summed E-state index contributed by atoms with van der Waals surface area (Å²) in [6.45, 7) is 1.80. The van der Waals surface area contributed by atoms with Gasteiger partial charge in [0, 0.05) is 11.4 Å². The molecule has 0 fully saturated rings. The molecule has 0 aliphatic heterocycles. The average molecular weight is 283 g/mol. The maximum Gasteiger partial charge on any atom is 0.232 e. The number of benzene rings is 1. The molecule has 1 aromatic heterocycles. The van der Waals surface area contributed by atoms with Gasteiger partial charge in [-0.3, -0.25) is 4.79 Å². The van der Waals surface area contributed by atoms with Crippen molar-refractivity contribution in [3.63, 3.8) is 0 Å². The van der Waals surface area contributed by atoms with E-state index in [0.717, 1.165) is 11.3 Å². The Bertz CT molecular complexity index is 531. The molecule has 2 nitrogen and oxygen atoms in total. The van der Waals surface area contributed by atoms with Gasteiger partial charge in [-0.25, -0.2) is 0 Å². The first kappa shape index (κ1) is 13.2. The van der Waals surface area contributed by atoms with Gasteiger partial charge in [0.2, 0.25) is 5.24 Å².